The minimum Gasteiger partial charge on any atom is -0.481 e. The Morgan fingerprint density at radius 3 is 2.81 bits per heavy atom. The van der Waals surface area contributed by atoms with E-state index in [4.69, 9.17) is 4.74 Å². The summed E-state index contributed by atoms with van der Waals surface area (Å²) in [6, 6.07) is 14.1. The molecule has 4 rings (SSSR count). The van der Waals surface area contributed by atoms with E-state index in [0.717, 1.165) is 36.2 Å². The van der Waals surface area contributed by atoms with Gasteiger partial charge in [-0.1, -0.05) is 34.1 Å². The average Bonchev–Trinajstić information content (AvgIpc) is 3.24. The molecule has 1 aliphatic carbocycles. The first kappa shape index (κ1) is 17.7. The predicted octanol–water partition coefficient (Wildman–Crippen LogP) is 4.28. The lowest BCUT2D eigenvalue weighted by molar-refractivity contribution is -0.118. The van der Waals surface area contributed by atoms with Crippen molar-refractivity contribution in [2.45, 2.75) is 19.3 Å². The molecule has 2 aromatic carbocycles. The lowest BCUT2D eigenvalue weighted by Crippen LogP contribution is -2.22. The van der Waals surface area contributed by atoms with E-state index in [0.29, 0.717) is 10.3 Å². The van der Waals surface area contributed by atoms with Crippen molar-refractivity contribution in [3.05, 3.63) is 70.1 Å². The highest BCUT2D eigenvalue weighted by molar-refractivity contribution is 9.10. The second-order valence-electron chi connectivity index (χ2n) is 6.29. The van der Waals surface area contributed by atoms with Gasteiger partial charge in [0.25, 0.3) is 5.91 Å². The summed E-state index contributed by atoms with van der Waals surface area (Å²) >= 11 is 3.19. The molecule has 0 saturated carbocycles. The molecular formula is C20H17BrFN3O2. The summed E-state index contributed by atoms with van der Waals surface area (Å²) in [5, 5.41) is 7.55. The molecular weight excluding hydrogens is 413 g/mol. The molecule has 1 aromatic heterocycles. The first-order valence-electron chi connectivity index (χ1n) is 8.66. The summed E-state index contributed by atoms with van der Waals surface area (Å²) in [7, 11) is 0. The molecule has 0 aliphatic heterocycles. The van der Waals surface area contributed by atoms with Crippen molar-refractivity contribution < 1.29 is 13.9 Å². The van der Waals surface area contributed by atoms with Crippen LogP contribution in [0, 0.1) is 5.82 Å². The fourth-order valence-electron chi connectivity index (χ4n) is 3.18. The van der Waals surface area contributed by atoms with Crippen molar-refractivity contribution in [3.8, 4) is 11.4 Å². The number of rotatable bonds is 5. The molecule has 0 fully saturated rings. The van der Waals surface area contributed by atoms with E-state index in [1.54, 1.807) is 10.7 Å². The molecule has 27 heavy (non-hydrogen) atoms. The third-order valence-corrected chi connectivity index (χ3v) is 4.91. The Labute approximate surface area is 164 Å². The number of fused-ring (bicyclic) bond motifs is 1. The summed E-state index contributed by atoms with van der Waals surface area (Å²) in [5.41, 5.74) is 2.94. The number of ether oxygens (including phenoxy) is 1. The number of benzene rings is 2. The maximum absolute atomic E-state index is 13.8. The Bertz CT molecular complexity index is 988. The van der Waals surface area contributed by atoms with Gasteiger partial charge < -0.3 is 10.1 Å². The largest absolute Gasteiger partial charge is 0.481 e. The van der Waals surface area contributed by atoms with Crippen LogP contribution in [-0.4, -0.2) is 22.3 Å². The van der Waals surface area contributed by atoms with Crippen LogP contribution in [0.15, 0.2) is 53.0 Å². The second-order valence-corrected chi connectivity index (χ2v) is 7.20. The van der Waals surface area contributed by atoms with Gasteiger partial charge in [0.2, 0.25) is 0 Å². The van der Waals surface area contributed by atoms with Crippen LogP contribution >= 0.6 is 15.9 Å². The van der Waals surface area contributed by atoms with E-state index >= 15 is 0 Å². The summed E-state index contributed by atoms with van der Waals surface area (Å²) in [6.45, 7) is -0.284. The maximum atomic E-state index is 13.8. The quantitative estimate of drug-likeness (QED) is 0.658. The van der Waals surface area contributed by atoms with Crippen LogP contribution in [0.4, 0.5) is 10.2 Å². The van der Waals surface area contributed by atoms with Gasteiger partial charge in [0.1, 0.15) is 5.82 Å². The van der Waals surface area contributed by atoms with Crippen LogP contribution in [0.1, 0.15) is 17.7 Å². The molecule has 1 heterocycles. The number of amides is 1. The van der Waals surface area contributed by atoms with Crippen LogP contribution in [0.3, 0.4) is 0 Å². The molecule has 0 saturated heterocycles. The minimum atomic E-state index is -0.521. The summed E-state index contributed by atoms with van der Waals surface area (Å²) in [4.78, 5) is 12.4. The third kappa shape index (κ3) is 3.73. The molecule has 1 N–H and O–H groups in total. The number of aryl methyl sites for hydroxylation is 1. The number of anilines is 1. The van der Waals surface area contributed by atoms with Gasteiger partial charge in [-0.05, 0) is 49.6 Å². The number of carbonyl (C=O) groups excluding carboxylic acids is 1. The molecule has 1 amide bonds. The number of nitrogens with zero attached hydrogens (tertiary/aromatic N) is 2. The fraction of sp³-hybridized carbons (Fsp3) is 0.200. The molecule has 0 unspecified atom stereocenters. The van der Waals surface area contributed by atoms with Crippen LogP contribution in [0.2, 0.25) is 0 Å². The molecule has 0 atom stereocenters. The van der Waals surface area contributed by atoms with Crippen LogP contribution in [0.25, 0.3) is 5.69 Å². The number of nitrogens with one attached hydrogen (secondary N) is 1. The van der Waals surface area contributed by atoms with Crippen LogP contribution in [0.5, 0.6) is 5.75 Å². The smallest absolute Gasteiger partial charge is 0.263 e. The lowest BCUT2D eigenvalue weighted by Gasteiger charge is -2.12. The summed E-state index contributed by atoms with van der Waals surface area (Å²) in [6.07, 6.45) is 2.80. The number of para-hydroxylation sites is 1. The van der Waals surface area contributed by atoms with E-state index in [9.17, 15) is 9.18 Å². The Kier molecular flexibility index (Phi) is 4.94. The van der Waals surface area contributed by atoms with Crippen molar-refractivity contribution in [1.29, 1.82) is 0 Å². The third-order valence-electron chi connectivity index (χ3n) is 4.42. The van der Waals surface area contributed by atoms with E-state index in [-0.39, 0.29) is 18.3 Å². The molecule has 1 aliphatic rings. The highest BCUT2D eigenvalue weighted by Crippen LogP contribution is 2.31. The van der Waals surface area contributed by atoms with Crippen molar-refractivity contribution in [3.63, 3.8) is 0 Å². The molecule has 0 radical (unpaired) electrons. The first-order chi connectivity index (χ1) is 13.1. The maximum Gasteiger partial charge on any atom is 0.263 e. The molecule has 3 aromatic rings. The normalized spacial score (nSPS) is 12.7. The van der Waals surface area contributed by atoms with Gasteiger partial charge in [-0.15, -0.1) is 0 Å². The Hall–Kier alpha value is -2.67. The second kappa shape index (κ2) is 7.52. The van der Waals surface area contributed by atoms with Gasteiger partial charge in [-0.3, -0.25) is 4.79 Å². The molecule has 7 heteroatoms. The van der Waals surface area contributed by atoms with Crippen molar-refractivity contribution in [2.75, 3.05) is 11.9 Å². The highest BCUT2D eigenvalue weighted by atomic mass is 79.9. The number of aromatic nitrogens is 2. The number of carbonyl (C=O) groups is 1. The van der Waals surface area contributed by atoms with Crippen LogP contribution < -0.4 is 10.1 Å². The molecule has 0 spiro atoms. The zero-order chi connectivity index (χ0) is 18.8. The monoisotopic (exact) mass is 429 g/mol. The zero-order valence-electron chi connectivity index (χ0n) is 14.4. The number of halogens is 2. The van der Waals surface area contributed by atoms with Crippen molar-refractivity contribution in [1.82, 2.24) is 9.78 Å². The SMILES string of the molecule is O=C(COc1ccc(Br)cc1F)Nc1c2c(nn1-c1ccccc1)CCC2. The van der Waals surface area contributed by atoms with Crippen LogP contribution in [-0.2, 0) is 17.6 Å². The summed E-state index contributed by atoms with van der Waals surface area (Å²) in [5.74, 6) is -0.176. The van der Waals surface area contributed by atoms with Gasteiger partial charge in [0.05, 0.1) is 11.4 Å². The fourth-order valence-corrected chi connectivity index (χ4v) is 3.51. The van der Waals surface area contributed by atoms with E-state index in [1.807, 2.05) is 30.3 Å². The van der Waals surface area contributed by atoms with Crippen molar-refractivity contribution in [2.24, 2.45) is 0 Å². The van der Waals surface area contributed by atoms with Crippen molar-refractivity contribution >= 4 is 27.7 Å². The number of hydrogen-bond acceptors (Lipinski definition) is 3. The first-order valence-corrected chi connectivity index (χ1v) is 9.45. The van der Waals surface area contributed by atoms with E-state index in [2.05, 4.69) is 26.3 Å². The summed E-state index contributed by atoms with van der Waals surface area (Å²) < 4.78 is 21.5. The molecule has 0 bridgehead atoms. The molecule has 138 valence electrons. The Morgan fingerprint density at radius 2 is 2.04 bits per heavy atom. The zero-order valence-corrected chi connectivity index (χ0v) is 16.0. The average molecular weight is 430 g/mol. The minimum absolute atomic E-state index is 0.0372. The van der Waals surface area contributed by atoms with Gasteiger partial charge in [0, 0.05) is 10.0 Å². The van der Waals surface area contributed by atoms with Gasteiger partial charge in [-0.25, -0.2) is 9.07 Å². The van der Waals surface area contributed by atoms with Gasteiger partial charge in [-0.2, -0.15) is 5.10 Å². The van der Waals surface area contributed by atoms with Gasteiger partial charge >= 0.3 is 0 Å². The highest BCUT2D eigenvalue weighted by Gasteiger charge is 2.24. The topological polar surface area (TPSA) is 56.1 Å². The van der Waals surface area contributed by atoms with E-state index < -0.39 is 5.82 Å². The Balaban J connectivity index is 1.53. The number of hydrogen-bond donors (Lipinski definition) is 1. The lowest BCUT2D eigenvalue weighted by atomic mass is 10.2. The van der Waals surface area contributed by atoms with E-state index in [1.165, 1.54) is 12.1 Å². The molecule has 5 nitrogen and oxygen atoms in total. The van der Waals surface area contributed by atoms with Gasteiger partial charge in [0.15, 0.2) is 18.2 Å². The standard InChI is InChI=1S/C20H17BrFN3O2/c21-13-9-10-18(16(22)11-13)27-12-19(26)23-20-15-7-4-8-17(15)24-25(20)14-5-2-1-3-6-14/h1-3,5-6,9-11H,4,7-8,12H2,(H,23,26). The Morgan fingerprint density at radius 1 is 1.22 bits per heavy atom. The predicted molar refractivity (Wildman–Crippen MR) is 104 cm³/mol.